The first-order chi connectivity index (χ1) is 6.68. The van der Waals surface area contributed by atoms with E-state index in [0.29, 0.717) is 5.92 Å². The molecular formula is C13H19N. The van der Waals surface area contributed by atoms with Crippen molar-refractivity contribution < 1.29 is 0 Å². The van der Waals surface area contributed by atoms with Gasteiger partial charge in [-0.15, -0.1) is 0 Å². The van der Waals surface area contributed by atoms with E-state index in [1.54, 1.807) is 0 Å². The molecule has 0 unspecified atom stereocenters. The van der Waals surface area contributed by atoms with Crippen LogP contribution in [0.2, 0.25) is 0 Å². The van der Waals surface area contributed by atoms with E-state index in [9.17, 15) is 0 Å². The summed E-state index contributed by atoms with van der Waals surface area (Å²) in [4.78, 5) is 2.45. The Labute approximate surface area is 86.7 Å². The van der Waals surface area contributed by atoms with Gasteiger partial charge in [-0.25, -0.2) is 0 Å². The Hall–Kier alpha value is -0.980. The molecule has 0 aromatic heterocycles. The highest BCUT2D eigenvalue weighted by atomic mass is 15.2. The molecule has 0 amide bonds. The summed E-state index contributed by atoms with van der Waals surface area (Å²) in [7, 11) is 0. The summed E-state index contributed by atoms with van der Waals surface area (Å²) < 4.78 is 0. The largest absolute Gasteiger partial charge is 0.371 e. The van der Waals surface area contributed by atoms with Gasteiger partial charge >= 0.3 is 0 Å². The molecule has 1 saturated heterocycles. The molecular weight excluding hydrogens is 170 g/mol. The molecule has 0 atom stereocenters. The number of hydrogen-bond acceptors (Lipinski definition) is 1. The Balaban J connectivity index is 2.30. The first kappa shape index (κ1) is 9.57. The molecule has 0 saturated carbocycles. The zero-order valence-electron chi connectivity index (χ0n) is 9.38. The minimum absolute atomic E-state index is 0.635. The second kappa shape index (κ2) is 3.64. The van der Waals surface area contributed by atoms with Crippen LogP contribution in [0.25, 0.3) is 0 Å². The molecule has 0 radical (unpaired) electrons. The molecule has 1 aliphatic heterocycles. The molecule has 0 aliphatic carbocycles. The number of nitrogens with zero attached hydrogens (tertiary/aromatic N) is 1. The summed E-state index contributed by atoms with van der Waals surface area (Å²) in [6.07, 6.45) is 1.35. The van der Waals surface area contributed by atoms with Gasteiger partial charge in [0.15, 0.2) is 0 Å². The van der Waals surface area contributed by atoms with E-state index in [4.69, 9.17) is 0 Å². The Morgan fingerprint density at radius 2 is 1.93 bits per heavy atom. The van der Waals surface area contributed by atoms with Crippen LogP contribution in [-0.2, 0) is 0 Å². The van der Waals surface area contributed by atoms with E-state index < -0.39 is 0 Å². The van der Waals surface area contributed by atoms with E-state index in [2.05, 4.69) is 43.9 Å². The standard InChI is InChI=1S/C13H19N/c1-10(2)13-9-12(6-5-11(13)3)14-7-4-8-14/h5-6,9-10H,4,7-8H2,1-3H3. The van der Waals surface area contributed by atoms with Crippen LogP contribution in [0, 0.1) is 6.92 Å². The highest BCUT2D eigenvalue weighted by Crippen LogP contribution is 2.27. The SMILES string of the molecule is Cc1ccc(N2CCC2)cc1C(C)C. The maximum atomic E-state index is 2.45. The van der Waals surface area contributed by atoms with Crippen LogP contribution < -0.4 is 4.90 Å². The Morgan fingerprint density at radius 1 is 1.21 bits per heavy atom. The van der Waals surface area contributed by atoms with E-state index >= 15 is 0 Å². The first-order valence-corrected chi connectivity index (χ1v) is 5.54. The average molecular weight is 189 g/mol. The van der Waals surface area contributed by atoms with Crippen molar-refractivity contribution in [3.8, 4) is 0 Å². The van der Waals surface area contributed by atoms with Gasteiger partial charge in [0.05, 0.1) is 0 Å². The molecule has 76 valence electrons. The molecule has 1 nitrogen and oxygen atoms in total. The molecule has 1 heterocycles. The molecule has 1 aromatic rings. The fourth-order valence-electron chi connectivity index (χ4n) is 2.02. The lowest BCUT2D eigenvalue weighted by atomic mass is 9.96. The molecule has 2 rings (SSSR count). The number of anilines is 1. The fraction of sp³-hybridized carbons (Fsp3) is 0.538. The lowest BCUT2D eigenvalue weighted by Crippen LogP contribution is -2.37. The predicted molar refractivity (Wildman–Crippen MR) is 62.1 cm³/mol. The van der Waals surface area contributed by atoms with Gasteiger partial charge in [-0.05, 0) is 42.5 Å². The summed E-state index contributed by atoms with van der Waals surface area (Å²) in [5.74, 6) is 0.635. The van der Waals surface area contributed by atoms with E-state index in [-0.39, 0.29) is 0 Å². The van der Waals surface area contributed by atoms with Gasteiger partial charge in [0, 0.05) is 18.8 Å². The summed E-state index contributed by atoms with van der Waals surface area (Å²) in [6.45, 7) is 9.21. The average Bonchev–Trinajstić information content (AvgIpc) is 2.04. The van der Waals surface area contributed by atoms with E-state index in [1.807, 2.05) is 0 Å². The number of hydrogen-bond donors (Lipinski definition) is 0. The van der Waals surface area contributed by atoms with Crippen molar-refractivity contribution in [2.45, 2.75) is 33.1 Å². The quantitative estimate of drug-likeness (QED) is 0.689. The third-order valence-corrected chi connectivity index (χ3v) is 3.11. The van der Waals surface area contributed by atoms with Gasteiger partial charge in [-0.1, -0.05) is 19.9 Å². The zero-order chi connectivity index (χ0) is 10.1. The molecule has 1 fully saturated rings. The van der Waals surface area contributed by atoms with Crippen LogP contribution in [-0.4, -0.2) is 13.1 Å². The Kier molecular flexibility index (Phi) is 2.49. The predicted octanol–water partition coefficient (Wildman–Crippen LogP) is 3.33. The van der Waals surface area contributed by atoms with Gasteiger partial charge in [0.25, 0.3) is 0 Å². The zero-order valence-corrected chi connectivity index (χ0v) is 9.38. The van der Waals surface area contributed by atoms with Crippen molar-refractivity contribution in [3.05, 3.63) is 29.3 Å². The van der Waals surface area contributed by atoms with Gasteiger partial charge in [-0.3, -0.25) is 0 Å². The van der Waals surface area contributed by atoms with Gasteiger partial charge in [0.2, 0.25) is 0 Å². The van der Waals surface area contributed by atoms with Crippen LogP contribution in [0.1, 0.15) is 37.3 Å². The van der Waals surface area contributed by atoms with Crippen molar-refractivity contribution >= 4 is 5.69 Å². The van der Waals surface area contributed by atoms with E-state index in [0.717, 1.165) is 0 Å². The normalized spacial score (nSPS) is 15.9. The summed E-state index contributed by atoms with van der Waals surface area (Å²) in [6, 6.07) is 6.86. The smallest absolute Gasteiger partial charge is 0.0369 e. The molecule has 1 aromatic carbocycles. The number of aryl methyl sites for hydroxylation is 1. The number of rotatable bonds is 2. The summed E-state index contributed by atoms with van der Waals surface area (Å²) in [5, 5.41) is 0. The van der Waals surface area contributed by atoms with Crippen LogP contribution in [0.5, 0.6) is 0 Å². The van der Waals surface area contributed by atoms with Gasteiger partial charge < -0.3 is 4.90 Å². The molecule has 0 N–H and O–H groups in total. The van der Waals surface area contributed by atoms with Crippen LogP contribution in [0.15, 0.2) is 18.2 Å². The third-order valence-electron chi connectivity index (χ3n) is 3.11. The fourth-order valence-corrected chi connectivity index (χ4v) is 2.02. The Morgan fingerprint density at radius 3 is 2.43 bits per heavy atom. The lowest BCUT2D eigenvalue weighted by Gasteiger charge is -2.34. The maximum Gasteiger partial charge on any atom is 0.0369 e. The van der Waals surface area contributed by atoms with Crippen molar-refractivity contribution in [2.24, 2.45) is 0 Å². The second-order valence-electron chi connectivity index (χ2n) is 4.54. The first-order valence-electron chi connectivity index (χ1n) is 5.54. The van der Waals surface area contributed by atoms with Crippen molar-refractivity contribution in [1.82, 2.24) is 0 Å². The van der Waals surface area contributed by atoms with Crippen LogP contribution in [0.3, 0.4) is 0 Å². The van der Waals surface area contributed by atoms with Crippen molar-refractivity contribution in [2.75, 3.05) is 18.0 Å². The van der Waals surface area contributed by atoms with Gasteiger partial charge in [0.1, 0.15) is 0 Å². The molecule has 1 heteroatoms. The minimum atomic E-state index is 0.635. The highest BCUT2D eigenvalue weighted by molar-refractivity contribution is 5.53. The second-order valence-corrected chi connectivity index (χ2v) is 4.54. The summed E-state index contributed by atoms with van der Waals surface area (Å²) in [5.41, 5.74) is 4.32. The Bertz CT molecular complexity index is 324. The maximum absolute atomic E-state index is 2.45. The summed E-state index contributed by atoms with van der Waals surface area (Å²) >= 11 is 0. The van der Waals surface area contributed by atoms with Crippen molar-refractivity contribution in [1.29, 1.82) is 0 Å². The minimum Gasteiger partial charge on any atom is -0.371 e. The molecule has 0 spiro atoms. The monoisotopic (exact) mass is 189 g/mol. The van der Waals surface area contributed by atoms with E-state index in [1.165, 1.54) is 36.3 Å². The lowest BCUT2D eigenvalue weighted by molar-refractivity contribution is 0.617. The van der Waals surface area contributed by atoms with Crippen molar-refractivity contribution in [3.63, 3.8) is 0 Å². The highest BCUT2D eigenvalue weighted by Gasteiger charge is 2.15. The van der Waals surface area contributed by atoms with Crippen LogP contribution >= 0.6 is 0 Å². The third kappa shape index (κ3) is 1.63. The van der Waals surface area contributed by atoms with Gasteiger partial charge in [-0.2, -0.15) is 0 Å². The number of benzene rings is 1. The molecule has 14 heavy (non-hydrogen) atoms. The molecule has 1 aliphatic rings. The topological polar surface area (TPSA) is 3.24 Å². The van der Waals surface area contributed by atoms with Crippen LogP contribution in [0.4, 0.5) is 5.69 Å². The molecule has 0 bridgehead atoms.